The third-order valence-electron chi connectivity index (χ3n) is 4.07. The standard InChI is InChI=1S/C16H17N3OS/c1-10-15(11-3-5-12(20-2)6-4-11)18-16-19(10)13-7-8-17-9-14(13)21-16/h3-6,17H,7-9H2,1-2H3. The van der Waals surface area contributed by atoms with E-state index in [0.29, 0.717) is 0 Å². The van der Waals surface area contributed by atoms with Gasteiger partial charge in [0.25, 0.3) is 0 Å². The summed E-state index contributed by atoms with van der Waals surface area (Å²) in [5.74, 6) is 0.876. The van der Waals surface area contributed by atoms with E-state index in [0.717, 1.165) is 41.5 Å². The minimum atomic E-state index is 0.876. The van der Waals surface area contributed by atoms with Crippen molar-refractivity contribution in [1.29, 1.82) is 0 Å². The summed E-state index contributed by atoms with van der Waals surface area (Å²) < 4.78 is 7.56. The Morgan fingerprint density at radius 1 is 1.29 bits per heavy atom. The van der Waals surface area contributed by atoms with Gasteiger partial charge in [-0.25, -0.2) is 4.98 Å². The zero-order chi connectivity index (χ0) is 14.4. The van der Waals surface area contributed by atoms with Crippen LogP contribution in [0.2, 0.25) is 0 Å². The smallest absolute Gasteiger partial charge is 0.194 e. The van der Waals surface area contributed by atoms with Crippen LogP contribution in [0.4, 0.5) is 0 Å². The lowest BCUT2D eigenvalue weighted by Gasteiger charge is -2.13. The molecule has 0 bridgehead atoms. The van der Waals surface area contributed by atoms with Gasteiger partial charge >= 0.3 is 0 Å². The molecule has 0 atom stereocenters. The summed E-state index contributed by atoms with van der Waals surface area (Å²) in [5, 5.41) is 3.43. The zero-order valence-electron chi connectivity index (χ0n) is 12.1. The van der Waals surface area contributed by atoms with Crippen LogP contribution in [0.5, 0.6) is 5.75 Å². The molecular formula is C16H17N3OS. The number of aryl methyl sites for hydroxylation is 1. The summed E-state index contributed by atoms with van der Waals surface area (Å²) >= 11 is 1.80. The summed E-state index contributed by atoms with van der Waals surface area (Å²) in [6, 6.07) is 8.13. The van der Waals surface area contributed by atoms with Crippen molar-refractivity contribution in [1.82, 2.24) is 14.7 Å². The van der Waals surface area contributed by atoms with Crippen LogP contribution in [0.25, 0.3) is 16.2 Å². The van der Waals surface area contributed by atoms with Gasteiger partial charge in [0.15, 0.2) is 4.96 Å². The van der Waals surface area contributed by atoms with E-state index in [2.05, 4.69) is 28.8 Å². The van der Waals surface area contributed by atoms with Gasteiger partial charge < -0.3 is 10.1 Å². The molecule has 0 saturated carbocycles. The summed E-state index contributed by atoms with van der Waals surface area (Å²) in [5.41, 5.74) is 4.88. The van der Waals surface area contributed by atoms with E-state index in [1.807, 2.05) is 12.1 Å². The normalized spacial score (nSPS) is 14.4. The molecule has 1 aliphatic heterocycles. The molecule has 4 rings (SSSR count). The Kier molecular flexibility index (Phi) is 2.97. The van der Waals surface area contributed by atoms with Crippen molar-refractivity contribution in [3.05, 3.63) is 40.5 Å². The largest absolute Gasteiger partial charge is 0.497 e. The molecule has 3 heterocycles. The van der Waals surface area contributed by atoms with Gasteiger partial charge in [-0.1, -0.05) is 11.3 Å². The Balaban J connectivity index is 1.85. The number of benzene rings is 1. The van der Waals surface area contributed by atoms with Crippen LogP contribution in [-0.2, 0) is 13.0 Å². The number of aromatic nitrogens is 2. The first-order valence-corrected chi connectivity index (χ1v) is 7.94. The number of hydrogen-bond acceptors (Lipinski definition) is 4. The zero-order valence-corrected chi connectivity index (χ0v) is 13.0. The lowest BCUT2D eigenvalue weighted by Crippen LogP contribution is -2.23. The highest BCUT2D eigenvalue weighted by Gasteiger charge is 2.20. The van der Waals surface area contributed by atoms with E-state index < -0.39 is 0 Å². The number of fused-ring (bicyclic) bond motifs is 3. The fraction of sp³-hybridized carbons (Fsp3) is 0.312. The van der Waals surface area contributed by atoms with Crippen molar-refractivity contribution in [2.75, 3.05) is 13.7 Å². The number of imidazole rings is 1. The van der Waals surface area contributed by atoms with Crippen molar-refractivity contribution in [3.8, 4) is 17.0 Å². The molecule has 0 unspecified atom stereocenters. The second-order valence-corrected chi connectivity index (χ2v) is 6.35. The van der Waals surface area contributed by atoms with E-state index in [4.69, 9.17) is 9.72 Å². The Bertz CT molecular complexity index is 801. The molecule has 3 aromatic rings. The molecule has 5 heteroatoms. The predicted molar refractivity (Wildman–Crippen MR) is 85.2 cm³/mol. The minimum Gasteiger partial charge on any atom is -0.497 e. The van der Waals surface area contributed by atoms with E-state index in [1.165, 1.54) is 16.3 Å². The maximum Gasteiger partial charge on any atom is 0.194 e. The van der Waals surface area contributed by atoms with Crippen molar-refractivity contribution in [3.63, 3.8) is 0 Å². The lowest BCUT2D eigenvalue weighted by molar-refractivity contribution is 0.415. The summed E-state index contributed by atoms with van der Waals surface area (Å²) in [7, 11) is 1.69. The van der Waals surface area contributed by atoms with Crippen LogP contribution >= 0.6 is 11.3 Å². The molecule has 1 aliphatic rings. The maximum absolute atomic E-state index is 5.22. The molecule has 1 aromatic carbocycles. The molecule has 0 amide bonds. The van der Waals surface area contributed by atoms with Crippen molar-refractivity contribution in [2.24, 2.45) is 0 Å². The van der Waals surface area contributed by atoms with Crippen LogP contribution in [0.15, 0.2) is 24.3 Å². The quantitative estimate of drug-likeness (QED) is 0.790. The number of thiazole rings is 1. The number of nitrogens with one attached hydrogen (secondary N) is 1. The molecule has 0 radical (unpaired) electrons. The van der Waals surface area contributed by atoms with Crippen molar-refractivity contribution in [2.45, 2.75) is 19.9 Å². The fourth-order valence-corrected chi connectivity index (χ4v) is 4.16. The SMILES string of the molecule is COc1ccc(-c2nc3sc4c(n3c2C)CCNC4)cc1. The van der Waals surface area contributed by atoms with Gasteiger partial charge in [0.2, 0.25) is 0 Å². The van der Waals surface area contributed by atoms with Gasteiger partial charge in [-0.3, -0.25) is 4.40 Å². The van der Waals surface area contributed by atoms with Gasteiger partial charge in [0.05, 0.1) is 12.8 Å². The van der Waals surface area contributed by atoms with E-state index >= 15 is 0 Å². The third kappa shape index (κ3) is 1.96. The van der Waals surface area contributed by atoms with Crippen LogP contribution in [0.1, 0.15) is 16.3 Å². The van der Waals surface area contributed by atoms with Crippen molar-refractivity contribution >= 4 is 16.3 Å². The monoisotopic (exact) mass is 299 g/mol. The molecule has 1 N–H and O–H groups in total. The topological polar surface area (TPSA) is 38.6 Å². The number of hydrogen-bond donors (Lipinski definition) is 1. The maximum atomic E-state index is 5.22. The molecular weight excluding hydrogens is 282 g/mol. The molecule has 0 spiro atoms. The van der Waals surface area contributed by atoms with Gasteiger partial charge in [-0.15, -0.1) is 0 Å². The van der Waals surface area contributed by atoms with Crippen molar-refractivity contribution < 1.29 is 4.74 Å². The highest BCUT2D eigenvalue weighted by Crippen LogP contribution is 2.32. The lowest BCUT2D eigenvalue weighted by atomic mass is 10.1. The molecule has 0 aliphatic carbocycles. The summed E-state index contributed by atoms with van der Waals surface area (Å²) in [6.45, 7) is 4.18. The second-order valence-electron chi connectivity index (χ2n) is 5.29. The molecule has 21 heavy (non-hydrogen) atoms. The highest BCUT2D eigenvalue weighted by atomic mass is 32.1. The number of ether oxygens (including phenoxy) is 1. The molecule has 0 fully saturated rings. The van der Waals surface area contributed by atoms with Crippen LogP contribution in [0.3, 0.4) is 0 Å². The second kappa shape index (κ2) is 4.86. The van der Waals surface area contributed by atoms with Crippen LogP contribution < -0.4 is 10.1 Å². The first-order valence-electron chi connectivity index (χ1n) is 7.12. The molecule has 2 aromatic heterocycles. The number of methoxy groups -OCH3 is 1. The molecule has 4 nitrogen and oxygen atoms in total. The summed E-state index contributed by atoms with van der Waals surface area (Å²) in [6.07, 6.45) is 1.08. The Morgan fingerprint density at radius 3 is 2.86 bits per heavy atom. The Hall–Kier alpha value is -1.85. The average molecular weight is 299 g/mol. The highest BCUT2D eigenvalue weighted by molar-refractivity contribution is 7.17. The average Bonchev–Trinajstić information content (AvgIpc) is 3.04. The predicted octanol–water partition coefficient (Wildman–Crippen LogP) is 3.03. The molecule has 0 saturated heterocycles. The third-order valence-corrected chi connectivity index (χ3v) is 5.15. The first-order chi connectivity index (χ1) is 10.3. The Morgan fingerprint density at radius 2 is 2.10 bits per heavy atom. The van der Waals surface area contributed by atoms with E-state index in [-0.39, 0.29) is 0 Å². The van der Waals surface area contributed by atoms with Gasteiger partial charge in [-0.2, -0.15) is 0 Å². The number of rotatable bonds is 2. The van der Waals surface area contributed by atoms with E-state index in [9.17, 15) is 0 Å². The fourth-order valence-electron chi connectivity index (χ4n) is 2.98. The minimum absolute atomic E-state index is 0.876. The van der Waals surface area contributed by atoms with Crippen LogP contribution in [0, 0.1) is 6.92 Å². The number of nitrogens with zero attached hydrogens (tertiary/aromatic N) is 2. The van der Waals surface area contributed by atoms with Crippen LogP contribution in [-0.4, -0.2) is 23.0 Å². The van der Waals surface area contributed by atoms with Gasteiger partial charge in [0.1, 0.15) is 5.75 Å². The first kappa shape index (κ1) is 12.9. The van der Waals surface area contributed by atoms with E-state index in [1.54, 1.807) is 18.4 Å². The van der Waals surface area contributed by atoms with Gasteiger partial charge in [-0.05, 0) is 31.2 Å². The summed E-state index contributed by atoms with van der Waals surface area (Å²) in [4.78, 5) is 7.38. The Labute approximate surface area is 127 Å². The molecule has 108 valence electrons. The van der Waals surface area contributed by atoms with Gasteiger partial charge in [0, 0.05) is 41.3 Å².